The van der Waals surface area contributed by atoms with Gasteiger partial charge >= 0.3 is 11.7 Å². The highest BCUT2D eigenvalue weighted by Gasteiger charge is 2.61. The van der Waals surface area contributed by atoms with Crippen molar-refractivity contribution in [2.24, 2.45) is 0 Å². The van der Waals surface area contributed by atoms with Crippen molar-refractivity contribution in [2.75, 3.05) is 0 Å². The van der Waals surface area contributed by atoms with Gasteiger partial charge in [-0.2, -0.15) is 0 Å². The maximum Gasteiger partial charge on any atom is 0.316 e. The summed E-state index contributed by atoms with van der Waals surface area (Å²) in [6.07, 6.45) is 5.60. The molecule has 2 radical (unpaired) electrons. The van der Waals surface area contributed by atoms with Crippen molar-refractivity contribution in [3.63, 3.8) is 0 Å². The summed E-state index contributed by atoms with van der Waals surface area (Å²) in [5, 5.41) is 53.6. The predicted molar refractivity (Wildman–Crippen MR) is 111 cm³/mol. The van der Waals surface area contributed by atoms with Crippen LogP contribution >= 0.6 is 0 Å². The fourth-order valence-electron chi connectivity index (χ4n) is 3.66. The topological polar surface area (TPSA) is 98.4 Å². The third-order valence-corrected chi connectivity index (χ3v) is 7.41. The summed E-state index contributed by atoms with van der Waals surface area (Å²) in [4.78, 5) is 0. The lowest BCUT2D eigenvalue weighted by molar-refractivity contribution is -0.539. The molecule has 3 rings (SSSR count). The number of hydrogen-bond donors (Lipinski definition) is 0. The molecule has 2 heterocycles. The Balaban J connectivity index is 2.27. The average molecular weight is 412 g/mol. The van der Waals surface area contributed by atoms with Crippen molar-refractivity contribution in [1.29, 1.82) is 0 Å². The minimum Gasteiger partial charge on any atom is -0.714 e. The van der Waals surface area contributed by atoms with Crippen LogP contribution in [0.25, 0.3) is 0 Å². The first-order valence-electron chi connectivity index (χ1n) is 9.79. The van der Waals surface area contributed by atoms with E-state index in [0.717, 1.165) is 0 Å². The highest BCUT2D eigenvalue weighted by molar-refractivity contribution is 6.02. The van der Waals surface area contributed by atoms with Gasteiger partial charge in [0.2, 0.25) is 0 Å². The van der Waals surface area contributed by atoms with E-state index < -0.39 is 22.2 Å². The van der Waals surface area contributed by atoms with Gasteiger partial charge in [-0.3, -0.25) is 9.48 Å². The van der Waals surface area contributed by atoms with E-state index in [1.54, 1.807) is 67.5 Å². The summed E-state index contributed by atoms with van der Waals surface area (Å²) in [5.41, 5.74) is -3.13. The monoisotopic (exact) mass is 412 g/mol. The Labute approximate surface area is 177 Å². The molecule has 1 aromatic rings. The zero-order valence-electron chi connectivity index (χ0n) is 18.7. The number of terminal acetylenes is 1. The third kappa shape index (κ3) is 2.49. The first-order chi connectivity index (χ1) is 13.5. The van der Waals surface area contributed by atoms with E-state index >= 15 is 0 Å². The summed E-state index contributed by atoms with van der Waals surface area (Å²) in [5.74, 6) is 2.29. The molecule has 0 spiro atoms. The molecular formula is C22H28N4O4. The van der Waals surface area contributed by atoms with Gasteiger partial charge in [0.15, 0.2) is 11.1 Å². The second-order valence-corrected chi connectivity index (χ2v) is 10.0. The molecule has 8 heteroatoms. The van der Waals surface area contributed by atoms with E-state index in [-0.39, 0.29) is 22.8 Å². The van der Waals surface area contributed by atoms with Crippen LogP contribution in [0.2, 0.25) is 0 Å². The molecule has 0 N–H and O–H groups in total. The SMILES string of the molecule is C#Cc1cc(C2=[N+]([O-])C(C)(C)C(C)(C)N2[O])cc(C2=[N+]([O-])C(C)(C)C(C)(C)N2[O])c1. The largest absolute Gasteiger partial charge is 0.714 e. The van der Waals surface area contributed by atoms with Gasteiger partial charge in [-0.15, -0.1) is 6.42 Å². The zero-order chi connectivity index (χ0) is 23.0. The van der Waals surface area contributed by atoms with E-state index in [1.165, 1.54) is 6.07 Å². The fourth-order valence-corrected chi connectivity index (χ4v) is 3.66. The molecule has 0 atom stereocenters. The van der Waals surface area contributed by atoms with Crippen LogP contribution in [0.15, 0.2) is 18.2 Å². The minimum atomic E-state index is -1.00. The highest BCUT2D eigenvalue weighted by Crippen LogP contribution is 2.39. The van der Waals surface area contributed by atoms with Gasteiger partial charge in [0, 0.05) is 16.0 Å². The number of hydrogen-bond acceptors (Lipinski definition) is 4. The smallest absolute Gasteiger partial charge is 0.316 e. The molecule has 0 saturated heterocycles. The van der Waals surface area contributed by atoms with Gasteiger partial charge in [-0.1, -0.05) is 16.0 Å². The Morgan fingerprint density at radius 1 is 0.767 bits per heavy atom. The van der Waals surface area contributed by atoms with Crippen LogP contribution in [0.5, 0.6) is 0 Å². The van der Waals surface area contributed by atoms with Gasteiger partial charge in [0.1, 0.15) is 11.1 Å². The Bertz CT molecular complexity index is 956. The van der Waals surface area contributed by atoms with Crippen molar-refractivity contribution >= 4 is 11.7 Å². The lowest BCUT2D eigenvalue weighted by atomic mass is 9.84. The highest BCUT2D eigenvalue weighted by atomic mass is 16.5. The van der Waals surface area contributed by atoms with E-state index in [1.807, 2.05) is 0 Å². The summed E-state index contributed by atoms with van der Waals surface area (Å²) < 4.78 is 1.35. The molecule has 0 amide bonds. The Morgan fingerprint density at radius 3 is 1.33 bits per heavy atom. The first-order valence-corrected chi connectivity index (χ1v) is 9.79. The van der Waals surface area contributed by atoms with Crippen LogP contribution in [-0.4, -0.2) is 53.4 Å². The molecule has 0 fully saturated rings. The maximum absolute atomic E-state index is 13.1. The molecule has 2 aliphatic rings. The zero-order valence-corrected chi connectivity index (χ0v) is 18.7. The van der Waals surface area contributed by atoms with Gasteiger partial charge in [0.25, 0.3) is 0 Å². The molecule has 8 nitrogen and oxygen atoms in total. The van der Waals surface area contributed by atoms with Crippen molar-refractivity contribution in [3.8, 4) is 12.3 Å². The molecule has 0 unspecified atom stereocenters. The molecule has 0 bridgehead atoms. The normalized spacial score (nSPS) is 23.9. The second-order valence-electron chi connectivity index (χ2n) is 10.0. The molecule has 0 aromatic heterocycles. The number of rotatable bonds is 2. The number of hydroxylamine groups is 6. The quantitative estimate of drug-likeness (QED) is 0.423. The molecular weight excluding hydrogens is 384 g/mol. The van der Waals surface area contributed by atoms with E-state index in [9.17, 15) is 20.8 Å². The number of benzene rings is 1. The van der Waals surface area contributed by atoms with E-state index in [0.29, 0.717) is 25.2 Å². The molecule has 1 aromatic carbocycles. The van der Waals surface area contributed by atoms with Crippen LogP contribution in [0.4, 0.5) is 0 Å². The van der Waals surface area contributed by atoms with Crippen molar-refractivity contribution in [3.05, 3.63) is 45.3 Å². The van der Waals surface area contributed by atoms with Crippen LogP contribution in [-0.2, 0) is 10.4 Å². The summed E-state index contributed by atoms with van der Waals surface area (Å²) in [7, 11) is 0. The predicted octanol–water partition coefficient (Wildman–Crippen LogP) is 2.62. The standard InChI is InChI=1S/C22H28N4O4/c1-10-14-11-15(17-23(27)19(2,3)20(4,5)24(17)28)13-16(12-14)18-25(29)21(6,7)22(8,9)26(18)30/h1,11-13H,2-9H3. The second kappa shape index (κ2) is 6.13. The Morgan fingerprint density at radius 2 is 1.10 bits per heavy atom. The number of amidine groups is 2. The van der Waals surface area contributed by atoms with Crippen molar-refractivity contribution in [2.45, 2.75) is 77.5 Å². The summed E-state index contributed by atoms with van der Waals surface area (Å²) in [6, 6.07) is 4.59. The molecule has 2 aliphatic heterocycles. The maximum atomic E-state index is 13.1. The van der Waals surface area contributed by atoms with Crippen LogP contribution < -0.4 is 0 Å². The van der Waals surface area contributed by atoms with Gasteiger partial charge < -0.3 is 10.4 Å². The van der Waals surface area contributed by atoms with Crippen molar-refractivity contribution < 1.29 is 19.9 Å². The van der Waals surface area contributed by atoms with E-state index in [4.69, 9.17) is 6.42 Å². The third-order valence-electron chi connectivity index (χ3n) is 7.41. The van der Waals surface area contributed by atoms with Gasteiger partial charge in [-0.05, 0) is 73.6 Å². The number of nitrogens with zero attached hydrogens (tertiary/aromatic N) is 4. The molecule has 160 valence electrons. The Kier molecular flexibility index (Phi) is 4.48. The summed E-state index contributed by atoms with van der Waals surface area (Å²) >= 11 is 0. The van der Waals surface area contributed by atoms with Crippen LogP contribution in [0.3, 0.4) is 0 Å². The first kappa shape index (κ1) is 21.9. The molecule has 30 heavy (non-hydrogen) atoms. The summed E-state index contributed by atoms with van der Waals surface area (Å²) in [6.45, 7) is 13.6. The molecule has 0 aliphatic carbocycles. The van der Waals surface area contributed by atoms with Crippen molar-refractivity contribution in [1.82, 2.24) is 10.1 Å². The lowest BCUT2D eigenvalue weighted by Crippen LogP contribution is -2.53. The van der Waals surface area contributed by atoms with E-state index in [2.05, 4.69) is 5.92 Å². The fraction of sp³-hybridized carbons (Fsp3) is 0.545. The average Bonchev–Trinajstić information content (AvgIpc) is 2.85. The lowest BCUT2D eigenvalue weighted by Gasteiger charge is -2.32. The van der Waals surface area contributed by atoms with Gasteiger partial charge in [-0.25, -0.2) is 0 Å². The Hall–Kier alpha value is -2.76. The van der Waals surface area contributed by atoms with Crippen LogP contribution in [0, 0.1) is 22.8 Å². The van der Waals surface area contributed by atoms with Gasteiger partial charge in [0.05, 0.1) is 11.1 Å². The molecule has 0 saturated carbocycles. The van der Waals surface area contributed by atoms with Crippen LogP contribution in [0.1, 0.15) is 72.1 Å². The minimum absolute atomic E-state index is 0.102.